The number of rotatable bonds is 4. The van der Waals surface area contributed by atoms with Crippen LogP contribution in [0.1, 0.15) is 17.3 Å². The van der Waals surface area contributed by atoms with Gasteiger partial charge >= 0.3 is 5.97 Å². The molecule has 82 valence electrons. The molecule has 1 atom stereocenters. The van der Waals surface area contributed by atoms with E-state index >= 15 is 0 Å². The van der Waals surface area contributed by atoms with Gasteiger partial charge in [-0.1, -0.05) is 11.6 Å². The van der Waals surface area contributed by atoms with Crippen molar-refractivity contribution >= 4 is 23.4 Å². The predicted molar refractivity (Wildman–Crippen MR) is 56.4 cm³/mol. The smallest absolute Gasteiger partial charge is 0.337 e. The Morgan fingerprint density at radius 3 is 2.87 bits per heavy atom. The summed E-state index contributed by atoms with van der Waals surface area (Å²) in [5.74, 6) is -0.714. The van der Waals surface area contributed by atoms with Crippen LogP contribution in [0.25, 0.3) is 0 Å². The zero-order chi connectivity index (χ0) is 11.4. The highest BCUT2D eigenvalue weighted by Crippen LogP contribution is 2.19. The van der Waals surface area contributed by atoms with Gasteiger partial charge in [-0.15, -0.1) is 0 Å². The topological polar surface area (TPSA) is 82.5 Å². The lowest BCUT2D eigenvalue weighted by Gasteiger charge is -2.09. The number of nitrogens with one attached hydrogen (secondary N) is 1. The zero-order valence-electron chi connectivity index (χ0n) is 8.07. The average Bonchev–Trinajstić information content (AvgIpc) is 2.15. The number of aromatic carboxylic acids is 1. The van der Waals surface area contributed by atoms with Crippen LogP contribution in [0.4, 0.5) is 5.82 Å². The second-order valence-corrected chi connectivity index (χ2v) is 3.50. The molecule has 1 heterocycles. The molecule has 0 amide bonds. The van der Waals surface area contributed by atoms with Crippen molar-refractivity contribution < 1.29 is 15.0 Å². The van der Waals surface area contributed by atoms with Crippen LogP contribution >= 0.6 is 11.6 Å². The van der Waals surface area contributed by atoms with Crippen molar-refractivity contribution in [2.24, 2.45) is 0 Å². The average molecular weight is 231 g/mol. The second-order valence-electron chi connectivity index (χ2n) is 3.09. The molecule has 6 heteroatoms. The highest BCUT2D eigenvalue weighted by Gasteiger charge is 2.08. The highest BCUT2D eigenvalue weighted by atomic mass is 35.5. The zero-order valence-corrected chi connectivity index (χ0v) is 8.82. The first-order valence-electron chi connectivity index (χ1n) is 4.31. The van der Waals surface area contributed by atoms with Crippen molar-refractivity contribution in [3.63, 3.8) is 0 Å². The van der Waals surface area contributed by atoms with Gasteiger partial charge in [-0.3, -0.25) is 0 Å². The van der Waals surface area contributed by atoms with Crippen LogP contribution in [0.2, 0.25) is 5.02 Å². The normalized spacial score (nSPS) is 12.2. The van der Waals surface area contributed by atoms with E-state index in [1.165, 1.54) is 12.3 Å². The van der Waals surface area contributed by atoms with Crippen LogP contribution in [0.3, 0.4) is 0 Å². The summed E-state index contributed by atoms with van der Waals surface area (Å²) < 4.78 is 0. The molecule has 15 heavy (non-hydrogen) atoms. The molecule has 0 aliphatic rings. The monoisotopic (exact) mass is 230 g/mol. The summed E-state index contributed by atoms with van der Waals surface area (Å²) in [7, 11) is 0. The van der Waals surface area contributed by atoms with Gasteiger partial charge in [0.1, 0.15) is 5.82 Å². The summed E-state index contributed by atoms with van der Waals surface area (Å²) in [6, 6.07) is 1.31. The molecule has 1 aromatic heterocycles. The number of nitrogens with zero attached hydrogens (tertiary/aromatic N) is 1. The molecular formula is C9H11ClN2O3. The van der Waals surface area contributed by atoms with Crippen LogP contribution in [-0.4, -0.2) is 33.8 Å². The van der Waals surface area contributed by atoms with Gasteiger partial charge < -0.3 is 15.5 Å². The maximum Gasteiger partial charge on any atom is 0.337 e. The molecule has 1 rings (SSSR count). The lowest BCUT2D eigenvalue weighted by Crippen LogP contribution is -2.16. The standard InChI is InChI=1S/C9H11ClN2O3/c1-5(13)3-11-8-7(10)2-6(4-12-8)9(14)15/h2,4-5,13H,3H2,1H3,(H,11,12)(H,14,15). The maximum absolute atomic E-state index is 10.6. The number of aliphatic hydroxyl groups is 1. The first-order chi connectivity index (χ1) is 7.00. The molecule has 5 nitrogen and oxygen atoms in total. The van der Waals surface area contributed by atoms with E-state index < -0.39 is 12.1 Å². The molecular weight excluding hydrogens is 220 g/mol. The fourth-order valence-electron chi connectivity index (χ4n) is 0.929. The minimum atomic E-state index is -1.08. The van der Waals surface area contributed by atoms with Gasteiger partial charge in [0.05, 0.1) is 16.7 Å². The van der Waals surface area contributed by atoms with Crippen molar-refractivity contribution in [1.82, 2.24) is 4.98 Å². The third-order valence-corrected chi connectivity index (χ3v) is 1.94. The summed E-state index contributed by atoms with van der Waals surface area (Å²) in [6.45, 7) is 1.92. The van der Waals surface area contributed by atoms with E-state index in [1.807, 2.05) is 0 Å². The van der Waals surface area contributed by atoms with Gasteiger partial charge in [-0.05, 0) is 13.0 Å². The van der Waals surface area contributed by atoms with Crippen LogP contribution in [0, 0.1) is 0 Å². The molecule has 1 unspecified atom stereocenters. The van der Waals surface area contributed by atoms with Gasteiger partial charge in [0.25, 0.3) is 0 Å². The molecule has 0 radical (unpaired) electrons. The van der Waals surface area contributed by atoms with Gasteiger partial charge in [-0.2, -0.15) is 0 Å². The number of carboxylic acid groups (broad SMARTS) is 1. The Kier molecular flexibility index (Phi) is 3.88. The quantitative estimate of drug-likeness (QED) is 0.725. The summed E-state index contributed by atoms with van der Waals surface area (Å²) in [5, 5.41) is 20.7. The minimum absolute atomic E-state index is 0.0302. The van der Waals surface area contributed by atoms with Crippen molar-refractivity contribution in [2.75, 3.05) is 11.9 Å². The lowest BCUT2D eigenvalue weighted by molar-refractivity contribution is 0.0696. The van der Waals surface area contributed by atoms with Gasteiger partial charge in [0, 0.05) is 12.7 Å². The van der Waals surface area contributed by atoms with Gasteiger partial charge in [0.15, 0.2) is 0 Å². The van der Waals surface area contributed by atoms with E-state index in [-0.39, 0.29) is 10.6 Å². The van der Waals surface area contributed by atoms with Crippen LogP contribution in [-0.2, 0) is 0 Å². The van der Waals surface area contributed by atoms with Crippen molar-refractivity contribution in [1.29, 1.82) is 0 Å². The molecule has 3 N–H and O–H groups in total. The summed E-state index contributed by atoms with van der Waals surface area (Å²) >= 11 is 5.79. The Morgan fingerprint density at radius 2 is 2.40 bits per heavy atom. The maximum atomic E-state index is 10.6. The number of carbonyl (C=O) groups is 1. The molecule has 0 aliphatic heterocycles. The van der Waals surface area contributed by atoms with E-state index in [2.05, 4.69) is 10.3 Å². The fourth-order valence-corrected chi connectivity index (χ4v) is 1.16. The van der Waals surface area contributed by atoms with Crippen molar-refractivity contribution in [3.8, 4) is 0 Å². The SMILES string of the molecule is CC(O)CNc1ncc(C(=O)O)cc1Cl. The van der Waals surface area contributed by atoms with E-state index in [4.69, 9.17) is 21.8 Å². The first-order valence-corrected chi connectivity index (χ1v) is 4.69. The summed E-state index contributed by atoms with van der Waals surface area (Å²) in [5.41, 5.74) is 0.0302. The van der Waals surface area contributed by atoms with E-state index in [1.54, 1.807) is 6.92 Å². The minimum Gasteiger partial charge on any atom is -0.478 e. The number of pyridine rings is 1. The Bertz CT molecular complexity index is 368. The van der Waals surface area contributed by atoms with Crippen molar-refractivity contribution in [3.05, 3.63) is 22.8 Å². The molecule has 0 spiro atoms. The molecule has 0 aromatic carbocycles. The summed E-state index contributed by atoms with van der Waals surface area (Å²) in [4.78, 5) is 14.4. The molecule has 0 saturated heterocycles. The predicted octanol–water partition coefficient (Wildman–Crippen LogP) is 1.23. The first kappa shape index (κ1) is 11.7. The van der Waals surface area contributed by atoms with Crippen LogP contribution < -0.4 is 5.32 Å². The number of anilines is 1. The van der Waals surface area contributed by atoms with Gasteiger partial charge in [-0.25, -0.2) is 9.78 Å². The van der Waals surface area contributed by atoms with E-state index in [0.717, 1.165) is 0 Å². The third kappa shape index (κ3) is 3.38. The van der Waals surface area contributed by atoms with E-state index in [0.29, 0.717) is 12.4 Å². The Hall–Kier alpha value is -1.33. The number of carboxylic acids is 1. The largest absolute Gasteiger partial charge is 0.478 e. The highest BCUT2D eigenvalue weighted by molar-refractivity contribution is 6.33. The molecule has 1 aromatic rings. The van der Waals surface area contributed by atoms with Crippen LogP contribution in [0.5, 0.6) is 0 Å². The molecule has 0 fully saturated rings. The second kappa shape index (κ2) is 4.95. The Morgan fingerprint density at radius 1 is 1.73 bits per heavy atom. The lowest BCUT2D eigenvalue weighted by atomic mass is 10.3. The molecule has 0 aliphatic carbocycles. The molecule has 0 bridgehead atoms. The Balaban J connectivity index is 2.79. The number of aliphatic hydroxyl groups excluding tert-OH is 1. The van der Waals surface area contributed by atoms with Crippen molar-refractivity contribution in [2.45, 2.75) is 13.0 Å². The number of hydrogen-bond acceptors (Lipinski definition) is 4. The number of halogens is 1. The number of hydrogen-bond donors (Lipinski definition) is 3. The van der Waals surface area contributed by atoms with E-state index in [9.17, 15) is 4.79 Å². The van der Waals surface area contributed by atoms with Crippen LogP contribution in [0.15, 0.2) is 12.3 Å². The fraction of sp³-hybridized carbons (Fsp3) is 0.333. The Labute approximate surface area is 91.7 Å². The third-order valence-electron chi connectivity index (χ3n) is 1.65. The summed E-state index contributed by atoms with van der Waals surface area (Å²) in [6.07, 6.45) is 0.681. The van der Waals surface area contributed by atoms with Gasteiger partial charge in [0.2, 0.25) is 0 Å². The number of aromatic nitrogens is 1. The molecule has 0 saturated carbocycles.